The third kappa shape index (κ3) is 7.32. The van der Waals surface area contributed by atoms with Gasteiger partial charge in [0.1, 0.15) is 23.3 Å². The second kappa shape index (κ2) is 12.2. The Morgan fingerprint density at radius 3 is 1.41 bits per heavy atom. The first-order valence-electron chi connectivity index (χ1n) is 9.87. The molecule has 10 nitrogen and oxygen atoms in total. The second-order valence-corrected chi connectivity index (χ2v) is 6.81. The normalized spacial score (nSPS) is 11.2. The van der Waals surface area contributed by atoms with Crippen molar-refractivity contribution >= 4 is 24.1 Å². The van der Waals surface area contributed by atoms with Crippen LogP contribution in [-0.2, 0) is 19.1 Å². The third-order valence-corrected chi connectivity index (χ3v) is 4.31. The summed E-state index contributed by atoms with van der Waals surface area (Å²) < 4.78 is 10.0. The molecule has 0 aliphatic heterocycles. The Hall–Kier alpha value is -4.96. The number of esters is 2. The summed E-state index contributed by atoms with van der Waals surface area (Å²) in [6.07, 6.45) is 3.03. The molecule has 174 valence electrons. The van der Waals surface area contributed by atoms with Crippen LogP contribution in [-0.4, -0.2) is 45.6 Å². The summed E-state index contributed by atoms with van der Waals surface area (Å²) in [6.45, 7) is -0.103. The maximum absolute atomic E-state index is 12.0. The van der Waals surface area contributed by atoms with Crippen molar-refractivity contribution < 1.29 is 39.5 Å². The van der Waals surface area contributed by atoms with E-state index in [-0.39, 0.29) is 35.9 Å². The van der Waals surface area contributed by atoms with Crippen LogP contribution in [0, 0.1) is 22.7 Å². The highest BCUT2D eigenvalue weighted by Gasteiger charge is 2.13. The highest BCUT2D eigenvalue weighted by atomic mass is 16.5. The van der Waals surface area contributed by atoms with Crippen LogP contribution in [0.5, 0.6) is 23.0 Å². The van der Waals surface area contributed by atoms with E-state index in [9.17, 15) is 30.0 Å². The molecule has 0 heterocycles. The predicted molar refractivity (Wildman–Crippen MR) is 118 cm³/mol. The fourth-order valence-electron chi connectivity index (χ4n) is 2.56. The lowest BCUT2D eigenvalue weighted by Crippen LogP contribution is -2.10. The van der Waals surface area contributed by atoms with E-state index in [1.165, 1.54) is 48.6 Å². The van der Waals surface area contributed by atoms with Crippen LogP contribution in [0.25, 0.3) is 12.2 Å². The van der Waals surface area contributed by atoms with Gasteiger partial charge in [-0.05, 0) is 60.4 Å². The zero-order valence-corrected chi connectivity index (χ0v) is 17.8. The molecule has 0 aliphatic carbocycles. The van der Waals surface area contributed by atoms with E-state index in [2.05, 4.69) is 0 Å². The van der Waals surface area contributed by atoms with Gasteiger partial charge in [0.05, 0.1) is 13.2 Å². The van der Waals surface area contributed by atoms with Crippen LogP contribution in [0.15, 0.2) is 47.5 Å². The molecule has 2 rings (SSSR count). The number of ether oxygens (including phenoxy) is 2. The number of hydrogen-bond donors (Lipinski definition) is 4. The van der Waals surface area contributed by atoms with Gasteiger partial charge >= 0.3 is 11.9 Å². The Labute approximate surface area is 194 Å². The molecule has 4 N–H and O–H groups in total. The van der Waals surface area contributed by atoms with Crippen molar-refractivity contribution in [1.82, 2.24) is 0 Å². The van der Waals surface area contributed by atoms with E-state index in [0.717, 1.165) is 0 Å². The summed E-state index contributed by atoms with van der Waals surface area (Å²) in [6, 6.07) is 11.0. The zero-order chi connectivity index (χ0) is 25.1. The summed E-state index contributed by atoms with van der Waals surface area (Å²) >= 11 is 0. The standard InChI is InChI=1S/C24H20N2O8/c25-13-17(9-15-3-5-19(27)21(29)11-15)23(31)33-7-1-2-8-34-24(32)18(14-26)10-16-4-6-20(28)22(30)12-16/h3-6,9-12,27-30H,1-2,7-8H2/b17-9+,18-10+. The van der Waals surface area contributed by atoms with E-state index in [1.807, 2.05) is 0 Å². The minimum atomic E-state index is -0.876. The maximum Gasteiger partial charge on any atom is 0.348 e. The Morgan fingerprint density at radius 1 is 0.706 bits per heavy atom. The van der Waals surface area contributed by atoms with Crippen LogP contribution in [0.2, 0.25) is 0 Å². The Balaban J connectivity index is 1.79. The summed E-state index contributed by atoms with van der Waals surface area (Å²) in [5.74, 6) is -3.22. The molecular formula is C24H20N2O8. The minimum Gasteiger partial charge on any atom is -0.504 e. The SMILES string of the molecule is N#C/C(=C\c1ccc(O)c(O)c1)C(=O)OCCCCOC(=O)/C(C#N)=C/c1ccc(O)c(O)c1. The number of hydrogen-bond acceptors (Lipinski definition) is 10. The molecule has 10 heteroatoms. The van der Waals surface area contributed by atoms with Gasteiger partial charge in [-0.25, -0.2) is 9.59 Å². The van der Waals surface area contributed by atoms with E-state index in [1.54, 1.807) is 12.1 Å². The van der Waals surface area contributed by atoms with Crippen LogP contribution in [0.4, 0.5) is 0 Å². The molecule has 0 radical (unpaired) electrons. The van der Waals surface area contributed by atoms with Crippen molar-refractivity contribution in [3.8, 4) is 35.1 Å². The molecule has 0 aromatic heterocycles. The third-order valence-electron chi connectivity index (χ3n) is 4.31. The molecular weight excluding hydrogens is 444 g/mol. The van der Waals surface area contributed by atoms with Gasteiger partial charge in [0.25, 0.3) is 0 Å². The Kier molecular flexibility index (Phi) is 9.06. The lowest BCUT2D eigenvalue weighted by atomic mass is 10.1. The van der Waals surface area contributed by atoms with Crippen molar-refractivity contribution in [3.63, 3.8) is 0 Å². The number of nitriles is 2. The van der Waals surface area contributed by atoms with E-state index >= 15 is 0 Å². The van der Waals surface area contributed by atoms with E-state index < -0.39 is 23.4 Å². The smallest absolute Gasteiger partial charge is 0.348 e. The number of nitrogens with zero attached hydrogens (tertiary/aromatic N) is 2. The fraction of sp³-hybridized carbons (Fsp3) is 0.167. The van der Waals surface area contributed by atoms with E-state index in [4.69, 9.17) is 20.0 Å². The van der Waals surface area contributed by atoms with Crippen molar-refractivity contribution in [2.75, 3.05) is 13.2 Å². The lowest BCUT2D eigenvalue weighted by molar-refractivity contribution is -0.140. The van der Waals surface area contributed by atoms with Crippen molar-refractivity contribution in [1.29, 1.82) is 10.5 Å². The predicted octanol–water partition coefficient (Wildman–Crippen LogP) is 2.89. The van der Waals surface area contributed by atoms with Crippen molar-refractivity contribution in [2.45, 2.75) is 12.8 Å². The van der Waals surface area contributed by atoms with Gasteiger partial charge in [0.15, 0.2) is 23.0 Å². The number of carbonyl (C=O) groups is 2. The molecule has 2 aromatic rings. The maximum atomic E-state index is 12.0. The number of phenols is 4. The first kappa shape index (κ1) is 25.3. The topological polar surface area (TPSA) is 181 Å². The number of benzene rings is 2. The van der Waals surface area contributed by atoms with Gasteiger partial charge in [0.2, 0.25) is 0 Å². The van der Waals surface area contributed by atoms with Gasteiger partial charge in [-0.2, -0.15) is 10.5 Å². The first-order valence-corrected chi connectivity index (χ1v) is 9.87. The number of rotatable bonds is 9. The van der Waals surface area contributed by atoms with Crippen molar-refractivity contribution in [3.05, 3.63) is 58.7 Å². The van der Waals surface area contributed by atoms with Crippen LogP contribution < -0.4 is 0 Å². The average molecular weight is 464 g/mol. The van der Waals surface area contributed by atoms with Gasteiger partial charge in [0, 0.05) is 0 Å². The van der Waals surface area contributed by atoms with Crippen LogP contribution in [0.3, 0.4) is 0 Å². The largest absolute Gasteiger partial charge is 0.504 e. The number of unbranched alkanes of at least 4 members (excludes halogenated alkanes) is 1. The average Bonchev–Trinajstić information content (AvgIpc) is 2.82. The molecule has 0 atom stereocenters. The quantitative estimate of drug-likeness (QED) is 0.142. The summed E-state index contributed by atoms with van der Waals surface area (Å²) in [7, 11) is 0. The lowest BCUT2D eigenvalue weighted by Gasteiger charge is -2.06. The Morgan fingerprint density at radius 2 is 1.09 bits per heavy atom. The second-order valence-electron chi connectivity index (χ2n) is 6.81. The molecule has 2 aromatic carbocycles. The zero-order valence-electron chi connectivity index (χ0n) is 17.8. The highest BCUT2D eigenvalue weighted by Crippen LogP contribution is 2.27. The molecule has 0 amide bonds. The number of carbonyl (C=O) groups excluding carboxylic acids is 2. The fourth-order valence-corrected chi connectivity index (χ4v) is 2.56. The number of phenolic OH excluding ortho intramolecular Hbond substituents is 4. The summed E-state index contributed by atoms with van der Waals surface area (Å²) in [5, 5.41) is 55.8. The van der Waals surface area contributed by atoms with Gasteiger partial charge < -0.3 is 29.9 Å². The Bertz CT molecular complexity index is 1120. The molecule has 0 saturated carbocycles. The van der Waals surface area contributed by atoms with Crippen LogP contribution >= 0.6 is 0 Å². The summed E-state index contributed by atoms with van der Waals surface area (Å²) in [5.41, 5.74) is 0.0281. The van der Waals surface area contributed by atoms with Gasteiger partial charge in [-0.15, -0.1) is 0 Å². The minimum absolute atomic E-state index is 0.0516. The first-order chi connectivity index (χ1) is 16.2. The molecule has 0 saturated heterocycles. The molecule has 0 unspecified atom stereocenters. The monoisotopic (exact) mass is 464 g/mol. The molecule has 0 aliphatic rings. The highest BCUT2D eigenvalue weighted by molar-refractivity contribution is 5.98. The molecule has 0 spiro atoms. The number of aromatic hydroxyl groups is 4. The van der Waals surface area contributed by atoms with Gasteiger partial charge in [-0.3, -0.25) is 0 Å². The van der Waals surface area contributed by atoms with Gasteiger partial charge in [-0.1, -0.05) is 12.1 Å². The molecule has 0 fully saturated rings. The van der Waals surface area contributed by atoms with Crippen LogP contribution in [0.1, 0.15) is 24.0 Å². The van der Waals surface area contributed by atoms with E-state index in [0.29, 0.717) is 24.0 Å². The summed E-state index contributed by atoms with van der Waals surface area (Å²) in [4.78, 5) is 24.1. The molecule has 0 bridgehead atoms. The molecule has 34 heavy (non-hydrogen) atoms. The van der Waals surface area contributed by atoms with Crippen molar-refractivity contribution in [2.24, 2.45) is 0 Å².